The molecule has 66 heavy (non-hydrogen) atoms. The van der Waals surface area contributed by atoms with E-state index < -0.39 is 102 Å². The second kappa shape index (κ2) is 20.2. The van der Waals surface area contributed by atoms with Crippen molar-refractivity contribution in [1.82, 2.24) is 14.7 Å². The predicted octanol–water partition coefficient (Wildman–Crippen LogP) is 3.65. The first kappa shape index (κ1) is 50.4. The molecule has 0 bridgehead atoms. The fourth-order valence-corrected chi connectivity index (χ4v) is 13.7. The maximum Gasteiger partial charge on any atom is 0.356 e. The number of aliphatic hydroxyl groups excluding tert-OH is 1. The smallest absolute Gasteiger partial charge is 0.356 e. The molecular formula is C44H62N6O12S4. The van der Waals surface area contributed by atoms with Crippen molar-refractivity contribution in [2.24, 2.45) is 49.5 Å². The molecule has 1 amide bonds. The Hall–Kier alpha value is -3.47. The molecule has 7 rings (SSSR count). The molecule has 3 fully saturated rings. The van der Waals surface area contributed by atoms with Gasteiger partial charge in [-0.25, -0.2) is 9.59 Å². The van der Waals surface area contributed by atoms with Gasteiger partial charge in [-0.15, -0.1) is 23.5 Å². The van der Waals surface area contributed by atoms with Gasteiger partial charge in [0.2, 0.25) is 19.5 Å². The molecule has 0 saturated carbocycles. The number of β-lactam (4-membered cyclic amide) rings is 1. The minimum atomic E-state index is -1.33. The number of hydrogen-bond donors (Lipinski definition) is 1. The fourth-order valence-electron chi connectivity index (χ4n) is 8.77. The first-order chi connectivity index (χ1) is 31.1. The molecule has 4 unspecified atom stereocenters. The van der Waals surface area contributed by atoms with E-state index in [0.717, 1.165) is 34.9 Å². The third-order valence-electron chi connectivity index (χ3n) is 12.5. The van der Waals surface area contributed by atoms with Crippen molar-refractivity contribution in [1.29, 1.82) is 0 Å². The number of aliphatic hydroxyl groups is 1. The summed E-state index contributed by atoms with van der Waals surface area (Å²) in [7, 11) is 0. The summed E-state index contributed by atoms with van der Waals surface area (Å²) in [6.45, 7) is 19.9. The third-order valence-corrected chi connectivity index (χ3v) is 17.7. The van der Waals surface area contributed by atoms with E-state index >= 15 is 0 Å². The number of esters is 5. The van der Waals surface area contributed by atoms with Crippen molar-refractivity contribution in [2.75, 3.05) is 64.4 Å². The van der Waals surface area contributed by atoms with Crippen LogP contribution in [0.4, 0.5) is 0 Å². The molecule has 7 heterocycles. The van der Waals surface area contributed by atoms with E-state index in [2.05, 4.69) is 19.8 Å². The quantitative estimate of drug-likeness (QED) is 0.107. The maximum atomic E-state index is 14.7. The molecular weight excluding hydrogens is 933 g/mol. The van der Waals surface area contributed by atoms with Crippen LogP contribution in [-0.4, -0.2) is 176 Å². The molecule has 3 saturated heterocycles. The number of nitrogens with zero attached hydrogens (tertiary/aromatic N) is 6. The highest BCUT2D eigenvalue weighted by atomic mass is 32.2. The van der Waals surface area contributed by atoms with E-state index in [4.69, 9.17) is 28.7 Å². The second-order valence-electron chi connectivity index (χ2n) is 19.7. The van der Waals surface area contributed by atoms with E-state index in [1.165, 1.54) is 35.3 Å². The Morgan fingerprint density at radius 3 is 1.86 bits per heavy atom. The second-order valence-corrected chi connectivity index (χ2v) is 24.6. The van der Waals surface area contributed by atoms with Crippen molar-refractivity contribution in [3.8, 4) is 0 Å². The molecule has 0 aromatic rings. The lowest BCUT2D eigenvalue weighted by Crippen LogP contribution is -2.63. The lowest BCUT2D eigenvalue weighted by Gasteiger charge is -2.46. The Bertz CT molecular complexity index is 2070. The van der Waals surface area contributed by atoms with E-state index in [-0.39, 0.29) is 33.7 Å². The molecule has 0 aromatic heterocycles. The monoisotopic (exact) mass is 994 g/mol. The van der Waals surface area contributed by atoms with E-state index in [1.807, 2.05) is 13.8 Å². The minimum absolute atomic E-state index is 0.0199. The maximum absolute atomic E-state index is 14.7. The number of likely N-dealkylation sites (tertiary alicyclic amines) is 2. The highest BCUT2D eigenvalue weighted by molar-refractivity contribution is 8.14. The van der Waals surface area contributed by atoms with Gasteiger partial charge < -0.3 is 43.5 Å². The Balaban J connectivity index is 1.15. The number of thioether (sulfide) groups is 4. The van der Waals surface area contributed by atoms with Gasteiger partial charge in [0, 0.05) is 59.0 Å². The zero-order valence-corrected chi connectivity index (χ0v) is 42.4. The SMILES string of the molecule is CC(OC(=O)C1=C(SC2CN(C3=NCCS3)C2)[C@H](C)[C@@H]2[C@@H]([C@@H](C)O)C(=O)N12)C(C(=O)OCOC(=O)C(C)(C)C)C1N=C(C(=O)OCOC(=O)C(C)(C)C)C(SC2CN(C3=NCCS3)C2)[C@@H]1C. The van der Waals surface area contributed by atoms with Crippen LogP contribution in [0.3, 0.4) is 0 Å². The molecule has 0 radical (unpaired) electrons. The summed E-state index contributed by atoms with van der Waals surface area (Å²) in [5, 5.41) is 12.2. The van der Waals surface area contributed by atoms with Crippen molar-refractivity contribution in [2.45, 2.75) is 109 Å². The molecule has 7 aliphatic heterocycles. The summed E-state index contributed by atoms with van der Waals surface area (Å²) in [5.41, 5.74) is -1.63. The zero-order valence-electron chi connectivity index (χ0n) is 39.2. The van der Waals surface area contributed by atoms with Crippen molar-refractivity contribution in [3.05, 3.63) is 10.6 Å². The van der Waals surface area contributed by atoms with Gasteiger partial charge in [-0.1, -0.05) is 37.4 Å². The van der Waals surface area contributed by atoms with Gasteiger partial charge in [-0.3, -0.25) is 34.2 Å². The summed E-state index contributed by atoms with van der Waals surface area (Å²) in [6.07, 6.45) is -2.19. The summed E-state index contributed by atoms with van der Waals surface area (Å²) in [6, 6.07) is -1.47. The molecule has 18 nitrogen and oxygen atoms in total. The van der Waals surface area contributed by atoms with Crippen molar-refractivity contribution < 1.29 is 57.6 Å². The van der Waals surface area contributed by atoms with Crippen LogP contribution in [-0.2, 0) is 52.5 Å². The lowest BCUT2D eigenvalue weighted by molar-refractivity contribution is -0.180. The van der Waals surface area contributed by atoms with Crippen LogP contribution in [0.5, 0.6) is 0 Å². The van der Waals surface area contributed by atoms with Gasteiger partial charge in [0.05, 0.1) is 53.3 Å². The molecule has 7 aliphatic rings. The van der Waals surface area contributed by atoms with E-state index in [0.29, 0.717) is 31.1 Å². The van der Waals surface area contributed by atoms with Gasteiger partial charge in [0.25, 0.3) is 0 Å². The van der Waals surface area contributed by atoms with Gasteiger partial charge in [-0.05, 0) is 61.3 Å². The fraction of sp³-hybridized carbons (Fsp3) is 0.750. The largest absolute Gasteiger partial charge is 0.457 e. The highest BCUT2D eigenvalue weighted by Gasteiger charge is 2.61. The Morgan fingerprint density at radius 2 is 1.35 bits per heavy atom. The van der Waals surface area contributed by atoms with Gasteiger partial charge in [0.15, 0.2) is 10.3 Å². The third kappa shape index (κ3) is 10.6. The number of amides is 1. The Kier molecular flexibility index (Phi) is 15.5. The first-order valence-corrected chi connectivity index (χ1v) is 26.2. The standard InChI is InChI=1S/C44H62N6O12S4/c1-21-29(47-30(37(54)59-20-61-40(57)44(8,9)10)33(21)65-25-15-48(16-25)41-45-11-13-63-41)28(36(53)58-19-60-39(56)43(5,6)7)24(4)62-38(55)32-34(22(2)31-27(23(3)51)35(52)50(31)32)66-26-17-49(18-26)42-46-12-14-64-42/h21-29,31,33,51H,11-20H2,1-10H3/t21-,22-,23-,24?,27-,28?,29?,31-,33?/m1/s1. The number of fused-ring (bicyclic) bond motifs is 1. The van der Waals surface area contributed by atoms with Crippen molar-refractivity contribution in [3.63, 3.8) is 0 Å². The van der Waals surface area contributed by atoms with Crippen LogP contribution in [0.1, 0.15) is 69.2 Å². The lowest BCUT2D eigenvalue weighted by atomic mass is 9.79. The molecule has 22 heteroatoms. The molecule has 1 N–H and O–H groups in total. The van der Waals surface area contributed by atoms with E-state index in [1.54, 1.807) is 72.0 Å². The molecule has 0 aliphatic carbocycles. The summed E-state index contributed by atoms with van der Waals surface area (Å²) < 4.78 is 27.9. The van der Waals surface area contributed by atoms with Crippen LogP contribution < -0.4 is 0 Å². The van der Waals surface area contributed by atoms with Gasteiger partial charge in [-0.2, -0.15) is 0 Å². The number of hydrogen-bond acceptors (Lipinski definition) is 21. The molecule has 0 aromatic carbocycles. The van der Waals surface area contributed by atoms with Crippen LogP contribution in [0.15, 0.2) is 25.6 Å². The average molecular weight is 995 g/mol. The van der Waals surface area contributed by atoms with Crippen LogP contribution in [0.2, 0.25) is 0 Å². The number of rotatable bonds is 15. The molecule has 364 valence electrons. The Morgan fingerprint density at radius 1 is 0.803 bits per heavy atom. The summed E-state index contributed by atoms with van der Waals surface area (Å²) in [5.74, 6) is -5.11. The highest BCUT2D eigenvalue weighted by Crippen LogP contribution is 2.53. The number of amidine groups is 2. The van der Waals surface area contributed by atoms with Crippen LogP contribution in [0, 0.1) is 34.5 Å². The van der Waals surface area contributed by atoms with Gasteiger partial charge in [0.1, 0.15) is 23.4 Å². The minimum Gasteiger partial charge on any atom is -0.457 e. The topological polar surface area (TPSA) is 216 Å². The zero-order chi connectivity index (χ0) is 48.0. The number of ether oxygens (including phenoxy) is 5. The number of carbonyl (C=O) groups is 6. The molecule has 9 atom stereocenters. The molecule has 0 spiro atoms. The normalized spacial score (nSPS) is 28.0. The first-order valence-electron chi connectivity index (χ1n) is 22.5. The summed E-state index contributed by atoms with van der Waals surface area (Å²) >= 11 is 6.45. The Labute approximate surface area is 402 Å². The number of carbonyl (C=O) groups excluding carboxylic acids is 6. The summed E-state index contributed by atoms with van der Waals surface area (Å²) in [4.78, 5) is 102. The van der Waals surface area contributed by atoms with E-state index in [9.17, 15) is 33.9 Å². The average Bonchev–Trinajstić information content (AvgIpc) is 4.02. The van der Waals surface area contributed by atoms with Gasteiger partial charge >= 0.3 is 29.8 Å². The van der Waals surface area contributed by atoms with Crippen molar-refractivity contribution >= 4 is 98.8 Å². The van der Waals surface area contributed by atoms with Crippen LogP contribution >= 0.6 is 47.0 Å². The predicted molar refractivity (Wildman–Crippen MR) is 254 cm³/mol. The number of aliphatic imine (C=N–C) groups is 3. The van der Waals surface area contributed by atoms with Crippen LogP contribution in [0.25, 0.3) is 0 Å².